The fraction of sp³-hybridized carbons (Fsp3) is 0.300. The Labute approximate surface area is 147 Å². The average Bonchev–Trinajstić information content (AvgIpc) is 3.09. The smallest absolute Gasteiger partial charge is 0.275 e. The fourth-order valence-electron chi connectivity index (χ4n) is 3.43. The predicted octanol–water partition coefficient (Wildman–Crippen LogP) is 3.89. The van der Waals surface area contributed by atoms with Gasteiger partial charge in [0, 0.05) is 25.0 Å². The van der Waals surface area contributed by atoms with Gasteiger partial charge in [-0.25, -0.2) is 4.98 Å². The molecule has 1 aliphatic heterocycles. The number of rotatable bonds is 3. The minimum Gasteiger partial charge on any atom is -0.370 e. The van der Waals surface area contributed by atoms with E-state index in [1.165, 1.54) is 19.3 Å². The van der Waals surface area contributed by atoms with Crippen LogP contribution in [-0.2, 0) is 0 Å². The molecule has 1 amide bonds. The number of amides is 1. The zero-order valence-corrected chi connectivity index (χ0v) is 14.4. The maximum absolute atomic E-state index is 12.7. The number of aromatic nitrogens is 2. The summed E-state index contributed by atoms with van der Waals surface area (Å²) in [5.41, 5.74) is 4.22. The first-order valence-electron chi connectivity index (χ1n) is 8.82. The SMILES string of the molecule is Cc1cccc2nc(C(=O)Nc3ccccc3N3CCCCC3)cn12. The Kier molecular flexibility index (Phi) is 4.14. The molecular weight excluding hydrogens is 312 g/mol. The topological polar surface area (TPSA) is 49.6 Å². The summed E-state index contributed by atoms with van der Waals surface area (Å²) in [4.78, 5) is 19.5. The average molecular weight is 334 g/mol. The van der Waals surface area contributed by atoms with Gasteiger partial charge in [0.15, 0.2) is 0 Å². The van der Waals surface area contributed by atoms with Crippen LogP contribution in [0, 0.1) is 6.92 Å². The number of piperidine rings is 1. The van der Waals surface area contributed by atoms with Crippen molar-refractivity contribution < 1.29 is 4.79 Å². The Bertz CT molecular complexity index is 909. The second-order valence-electron chi connectivity index (χ2n) is 6.54. The van der Waals surface area contributed by atoms with Crippen LogP contribution in [0.1, 0.15) is 35.4 Å². The quantitative estimate of drug-likeness (QED) is 0.791. The predicted molar refractivity (Wildman–Crippen MR) is 100 cm³/mol. The highest BCUT2D eigenvalue weighted by Crippen LogP contribution is 2.28. The summed E-state index contributed by atoms with van der Waals surface area (Å²) in [6.45, 7) is 4.09. The molecule has 128 valence electrons. The van der Waals surface area contributed by atoms with E-state index < -0.39 is 0 Å². The van der Waals surface area contributed by atoms with Gasteiger partial charge in [0.2, 0.25) is 0 Å². The van der Waals surface area contributed by atoms with Crippen LogP contribution in [0.25, 0.3) is 5.65 Å². The van der Waals surface area contributed by atoms with Gasteiger partial charge < -0.3 is 14.6 Å². The summed E-state index contributed by atoms with van der Waals surface area (Å²) in [6.07, 6.45) is 5.48. The maximum Gasteiger partial charge on any atom is 0.275 e. The first-order valence-corrected chi connectivity index (χ1v) is 8.82. The van der Waals surface area contributed by atoms with Crippen LogP contribution >= 0.6 is 0 Å². The van der Waals surface area contributed by atoms with Gasteiger partial charge in [0.25, 0.3) is 5.91 Å². The number of aryl methyl sites for hydroxylation is 1. The lowest BCUT2D eigenvalue weighted by Gasteiger charge is -2.30. The molecule has 1 aliphatic rings. The third kappa shape index (κ3) is 3.09. The zero-order valence-electron chi connectivity index (χ0n) is 14.4. The molecule has 5 heteroatoms. The van der Waals surface area contributed by atoms with Gasteiger partial charge in [-0.15, -0.1) is 0 Å². The van der Waals surface area contributed by atoms with E-state index in [2.05, 4.69) is 21.3 Å². The molecule has 0 spiro atoms. The van der Waals surface area contributed by atoms with Gasteiger partial charge in [-0.05, 0) is 50.5 Å². The van der Waals surface area contributed by atoms with Crippen molar-refractivity contribution in [2.75, 3.05) is 23.3 Å². The lowest BCUT2D eigenvalue weighted by atomic mass is 10.1. The van der Waals surface area contributed by atoms with Gasteiger partial charge in [-0.2, -0.15) is 0 Å². The first-order chi connectivity index (χ1) is 12.2. The lowest BCUT2D eigenvalue weighted by Crippen LogP contribution is -2.30. The lowest BCUT2D eigenvalue weighted by molar-refractivity contribution is 0.102. The molecule has 0 saturated carbocycles. The van der Waals surface area contributed by atoms with E-state index in [1.807, 2.05) is 47.7 Å². The van der Waals surface area contributed by atoms with Gasteiger partial charge in [0.1, 0.15) is 11.3 Å². The molecule has 25 heavy (non-hydrogen) atoms. The zero-order chi connectivity index (χ0) is 17.2. The molecular formula is C20H22N4O. The molecule has 5 nitrogen and oxygen atoms in total. The number of anilines is 2. The van der Waals surface area contributed by atoms with Gasteiger partial charge in [0.05, 0.1) is 11.4 Å². The van der Waals surface area contributed by atoms with Crippen LogP contribution in [0.15, 0.2) is 48.7 Å². The van der Waals surface area contributed by atoms with Crippen LogP contribution < -0.4 is 10.2 Å². The number of nitrogens with zero attached hydrogens (tertiary/aromatic N) is 3. The van der Waals surface area contributed by atoms with E-state index in [0.717, 1.165) is 35.8 Å². The summed E-state index contributed by atoms with van der Waals surface area (Å²) < 4.78 is 1.94. The number of carbonyl (C=O) groups excluding carboxylic acids is 1. The number of benzene rings is 1. The monoisotopic (exact) mass is 334 g/mol. The van der Waals surface area contributed by atoms with Crippen molar-refractivity contribution in [2.45, 2.75) is 26.2 Å². The van der Waals surface area contributed by atoms with Crippen molar-refractivity contribution in [3.63, 3.8) is 0 Å². The molecule has 0 radical (unpaired) electrons. The second-order valence-corrected chi connectivity index (χ2v) is 6.54. The molecule has 0 bridgehead atoms. The van der Waals surface area contributed by atoms with Crippen molar-refractivity contribution in [3.8, 4) is 0 Å². The van der Waals surface area contributed by atoms with E-state index >= 15 is 0 Å². The van der Waals surface area contributed by atoms with Crippen molar-refractivity contribution in [1.82, 2.24) is 9.38 Å². The molecule has 0 aliphatic carbocycles. The number of para-hydroxylation sites is 2. The Morgan fingerprint density at radius 2 is 1.84 bits per heavy atom. The molecule has 0 atom stereocenters. The van der Waals surface area contributed by atoms with Gasteiger partial charge in [-0.1, -0.05) is 18.2 Å². The highest BCUT2D eigenvalue weighted by molar-refractivity contribution is 6.05. The van der Waals surface area contributed by atoms with E-state index in [-0.39, 0.29) is 5.91 Å². The normalized spacial score (nSPS) is 14.7. The Hall–Kier alpha value is -2.82. The second kappa shape index (κ2) is 6.59. The van der Waals surface area contributed by atoms with Gasteiger partial charge >= 0.3 is 0 Å². The molecule has 0 unspecified atom stereocenters. The maximum atomic E-state index is 12.7. The molecule has 1 fully saturated rings. The summed E-state index contributed by atoms with van der Waals surface area (Å²) in [5, 5.41) is 3.05. The van der Waals surface area contributed by atoms with Crippen molar-refractivity contribution in [1.29, 1.82) is 0 Å². The number of imidazole rings is 1. The minimum absolute atomic E-state index is 0.174. The highest BCUT2D eigenvalue weighted by Gasteiger charge is 2.17. The Balaban J connectivity index is 1.61. The van der Waals surface area contributed by atoms with Crippen molar-refractivity contribution >= 4 is 22.9 Å². The van der Waals surface area contributed by atoms with Crippen LogP contribution in [0.3, 0.4) is 0 Å². The highest BCUT2D eigenvalue weighted by atomic mass is 16.1. The van der Waals surface area contributed by atoms with E-state index in [0.29, 0.717) is 5.69 Å². The number of pyridine rings is 1. The summed E-state index contributed by atoms with van der Waals surface area (Å²) in [6, 6.07) is 13.9. The number of hydrogen-bond acceptors (Lipinski definition) is 3. The number of carbonyl (C=O) groups is 1. The third-order valence-electron chi connectivity index (χ3n) is 4.78. The van der Waals surface area contributed by atoms with E-state index in [1.54, 1.807) is 6.20 Å². The molecule has 3 heterocycles. The number of hydrogen-bond donors (Lipinski definition) is 1. The molecule has 2 aromatic heterocycles. The standard InChI is InChI=1S/C20H22N4O/c1-15-8-7-11-19-21-17(14-24(15)19)20(25)22-16-9-3-4-10-18(16)23-12-5-2-6-13-23/h3-4,7-11,14H,2,5-6,12-13H2,1H3,(H,22,25). The summed E-state index contributed by atoms with van der Waals surface area (Å²) in [7, 11) is 0. The molecule has 1 aromatic carbocycles. The third-order valence-corrected chi connectivity index (χ3v) is 4.78. The largest absolute Gasteiger partial charge is 0.370 e. The Morgan fingerprint density at radius 3 is 2.64 bits per heavy atom. The van der Waals surface area contributed by atoms with E-state index in [9.17, 15) is 4.79 Å². The molecule has 1 saturated heterocycles. The van der Waals surface area contributed by atoms with Crippen LogP contribution in [0.5, 0.6) is 0 Å². The van der Waals surface area contributed by atoms with E-state index in [4.69, 9.17) is 0 Å². The minimum atomic E-state index is -0.174. The Morgan fingerprint density at radius 1 is 1.04 bits per heavy atom. The molecule has 3 aromatic rings. The van der Waals surface area contributed by atoms with Crippen LogP contribution in [0.2, 0.25) is 0 Å². The number of nitrogens with one attached hydrogen (secondary N) is 1. The van der Waals surface area contributed by atoms with Crippen LogP contribution in [-0.4, -0.2) is 28.4 Å². The molecule has 1 N–H and O–H groups in total. The first kappa shape index (κ1) is 15.7. The number of fused-ring (bicyclic) bond motifs is 1. The summed E-state index contributed by atoms with van der Waals surface area (Å²) >= 11 is 0. The van der Waals surface area contributed by atoms with Crippen molar-refractivity contribution in [3.05, 3.63) is 60.0 Å². The van der Waals surface area contributed by atoms with Gasteiger partial charge in [-0.3, -0.25) is 4.79 Å². The van der Waals surface area contributed by atoms with Crippen LogP contribution in [0.4, 0.5) is 11.4 Å². The fourth-order valence-corrected chi connectivity index (χ4v) is 3.43. The molecule has 4 rings (SSSR count). The van der Waals surface area contributed by atoms with Crippen molar-refractivity contribution in [2.24, 2.45) is 0 Å². The summed E-state index contributed by atoms with van der Waals surface area (Å²) in [5.74, 6) is -0.174.